The van der Waals surface area contributed by atoms with Crippen molar-refractivity contribution < 1.29 is 22.1 Å². The van der Waals surface area contributed by atoms with Gasteiger partial charge >= 0.3 is 10.3 Å². The molecule has 0 aromatic heterocycles. The number of aryl methyl sites for hydroxylation is 1. The van der Waals surface area contributed by atoms with Crippen molar-refractivity contribution in [3.63, 3.8) is 0 Å². The zero-order valence-corrected chi connectivity index (χ0v) is 13.9. The fourth-order valence-corrected chi connectivity index (χ4v) is 3.03. The highest BCUT2D eigenvalue weighted by Gasteiger charge is 2.46. The van der Waals surface area contributed by atoms with E-state index in [1.54, 1.807) is 0 Å². The molecule has 1 aliphatic heterocycles. The maximum absolute atomic E-state index is 11.1. The van der Waals surface area contributed by atoms with Crippen LogP contribution in [0.4, 0.5) is 0 Å². The van der Waals surface area contributed by atoms with Gasteiger partial charge < -0.3 is 9.47 Å². The number of hydrogen-bond acceptors (Lipinski definition) is 5. The Morgan fingerprint density at radius 1 is 1.23 bits per heavy atom. The van der Waals surface area contributed by atoms with Gasteiger partial charge in [-0.3, -0.25) is 4.18 Å². The summed E-state index contributed by atoms with van der Waals surface area (Å²) in [6, 6.07) is 7.79. The van der Waals surface area contributed by atoms with E-state index in [1.807, 2.05) is 45.0 Å². The highest BCUT2D eigenvalue weighted by molar-refractivity contribution is 7.84. The van der Waals surface area contributed by atoms with E-state index in [-0.39, 0.29) is 12.7 Å². The minimum Gasteiger partial charge on any atom is -0.341 e. The number of hydrogen-bond donors (Lipinski definition) is 1. The molecule has 0 amide bonds. The molecule has 6 nitrogen and oxygen atoms in total. The van der Waals surface area contributed by atoms with E-state index in [9.17, 15) is 8.42 Å². The van der Waals surface area contributed by atoms with Crippen LogP contribution < -0.4 is 5.14 Å². The summed E-state index contributed by atoms with van der Waals surface area (Å²) < 4.78 is 39.0. The summed E-state index contributed by atoms with van der Waals surface area (Å²) in [6.07, 6.45) is 0.414. The van der Waals surface area contributed by atoms with Crippen LogP contribution in [0.15, 0.2) is 24.3 Å². The van der Waals surface area contributed by atoms with E-state index in [0.29, 0.717) is 12.8 Å². The topological polar surface area (TPSA) is 87.9 Å². The average Bonchev–Trinajstić information content (AvgIpc) is 2.85. The summed E-state index contributed by atoms with van der Waals surface area (Å²) >= 11 is 0. The fraction of sp³-hybridized carbons (Fsp3) is 0.600. The Labute approximate surface area is 131 Å². The Kier molecular flexibility index (Phi) is 5.24. The molecular weight excluding hydrogens is 306 g/mol. The van der Waals surface area contributed by atoms with E-state index in [1.165, 1.54) is 0 Å². The molecule has 1 heterocycles. The van der Waals surface area contributed by atoms with Gasteiger partial charge in [-0.15, -0.1) is 0 Å². The summed E-state index contributed by atoms with van der Waals surface area (Å²) in [5.41, 5.74) is 2.02. The first-order valence-corrected chi connectivity index (χ1v) is 8.85. The first kappa shape index (κ1) is 17.4. The zero-order valence-electron chi connectivity index (χ0n) is 13.1. The van der Waals surface area contributed by atoms with Crippen molar-refractivity contribution in [1.82, 2.24) is 0 Å². The van der Waals surface area contributed by atoms with E-state index < -0.39 is 22.2 Å². The largest absolute Gasteiger partial charge is 0.341 e. The maximum Gasteiger partial charge on any atom is 0.333 e. The van der Waals surface area contributed by atoms with Gasteiger partial charge in [0.05, 0.1) is 6.61 Å². The second-order valence-corrected chi connectivity index (χ2v) is 6.67. The number of ether oxygens (including phenoxy) is 2. The lowest BCUT2D eigenvalue weighted by atomic mass is 10.00. The Balaban J connectivity index is 2.29. The molecule has 2 atom stereocenters. The Morgan fingerprint density at radius 2 is 1.86 bits per heavy atom. The third-order valence-corrected chi connectivity index (χ3v) is 4.48. The second kappa shape index (κ2) is 6.64. The zero-order chi connectivity index (χ0) is 16.4. The minimum atomic E-state index is -4.01. The van der Waals surface area contributed by atoms with E-state index >= 15 is 0 Å². The molecular formula is C15H23NO5S. The van der Waals surface area contributed by atoms with Crippen molar-refractivity contribution in [1.29, 1.82) is 0 Å². The minimum absolute atomic E-state index is 0.167. The lowest BCUT2D eigenvalue weighted by molar-refractivity contribution is -0.181. The van der Waals surface area contributed by atoms with Crippen molar-refractivity contribution in [2.24, 2.45) is 5.14 Å². The van der Waals surface area contributed by atoms with Crippen molar-refractivity contribution in [3.8, 4) is 0 Å². The summed E-state index contributed by atoms with van der Waals surface area (Å²) in [6.45, 7) is 5.76. The monoisotopic (exact) mass is 329 g/mol. The summed E-state index contributed by atoms with van der Waals surface area (Å²) in [4.78, 5) is 0. The predicted molar refractivity (Wildman–Crippen MR) is 82.3 cm³/mol. The molecule has 1 aliphatic rings. The smallest absolute Gasteiger partial charge is 0.333 e. The SMILES string of the molecule is CCC1(CC)O[C@@H](COS(N)(=O)=O)[C@H](c2ccccc2C)O1. The molecule has 0 aliphatic carbocycles. The molecule has 0 bridgehead atoms. The summed E-state index contributed by atoms with van der Waals surface area (Å²) in [5.74, 6) is -0.723. The fourth-order valence-electron chi connectivity index (χ4n) is 2.71. The van der Waals surface area contributed by atoms with Crippen molar-refractivity contribution in [3.05, 3.63) is 35.4 Å². The van der Waals surface area contributed by atoms with Gasteiger partial charge in [-0.1, -0.05) is 38.1 Å². The van der Waals surface area contributed by atoms with Gasteiger partial charge in [0.1, 0.15) is 12.2 Å². The van der Waals surface area contributed by atoms with Crippen molar-refractivity contribution in [2.75, 3.05) is 6.61 Å². The first-order chi connectivity index (χ1) is 10.3. The first-order valence-electron chi connectivity index (χ1n) is 7.38. The molecule has 0 spiro atoms. The van der Waals surface area contributed by atoms with Crippen LogP contribution in [-0.4, -0.2) is 26.9 Å². The van der Waals surface area contributed by atoms with Gasteiger partial charge in [0.2, 0.25) is 0 Å². The average molecular weight is 329 g/mol. The molecule has 0 radical (unpaired) electrons. The standard InChI is InChI=1S/C15H23NO5S/c1-4-15(5-2)20-13(10-19-22(16,17)18)14(21-15)12-9-7-6-8-11(12)3/h6-9,13-14H,4-5,10H2,1-3H3,(H2,16,17,18)/t13-,14-/m0/s1. The third-order valence-electron chi connectivity index (χ3n) is 4.01. The number of rotatable bonds is 6. The quantitative estimate of drug-likeness (QED) is 0.864. The highest BCUT2D eigenvalue weighted by Crippen LogP contribution is 2.43. The Morgan fingerprint density at radius 3 is 2.41 bits per heavy atom. The number of nitrogens with two attached hydrogens (primary N) is 1. The molecule has 0 unspecified atom stereocenters. The molecule has 1 saturated heterocycles. The summed E-state index contributed by atoms with van der Waals surface area (Å²) in [5, 5.41) is 4.91. The molecule has 1 fully saturated rings. The van der Waals surface area contributed by atoms with Crippen molar-refractivity contribution in [2.45, 2.75) is 51.6 Å². The Hall–Kier alpha value is -0.990. The van der Waals surface area contributed by atoms with Gasteiger partial charge in [0.15, 0.2) is 5.79 Å². The molecule has 124 valence electrons. The lowest BCUT2D eigenvalue weighted by Gasteiger charge is -2.25. The van der Waals surface area contributed by atoms with Crippen molar-refractivity contribution >= 4 is 10.3 Å². The van der Waals surface area contributed by atoms with Crippen LogP contribution in [0.3, 0.4) is 0 Å². The van der Waals surface area contributed by atoms with E-state index in [4.69, 9.17) is 18.8 Å². The maximum atomic E-state index is 11.1. The van der Waals surface area contributed by atoms with E-state index in [0.717, 1.165) is 11.1 Å². The normalized spacial score (nSPS) is 24.5. The molecule has 2 N–H and O–H groups in total. The van der Waals surface area contributed by atoms with Gasteiger partial charge in [-0.25, -0.2) is 5.14 Å². The van der Waals surface area contributed by atoms with Crippen LogP contribution in [0, 0.1) is 6.92 Å². The van der Waals surface area contributed by atoms with Crippen LogP contribution in [0.25, 0.3) is 0 Å². The molecule has 0 saturated carbocycles. The highest BCUT2D eigenvalue weighted by atomic mass is 32.2. The van der Waals surface area contributed by atoms with Crippen LogP contribution in [0.5, 0.6) is 0 Å². The Bertz CT molecular complexity index is 612. The second-order valence-electron chi connectivity index (χ2n) is 5.45. The molecule has 2 rings (SSSR count). The van der Waals surface area contributed by atoms with Gasteiger partial charge in [-0.2, -0.15) is 8.42 Å². The van der Waals surface area contributed by atoms with Crippen LogP contribution >= 0.6 is 0 Å². The van der Waals surface area contributed by atoms with Gasteiger partial charge in [0.25, 0.3) is 0 Å². The lowest BCUT2D eigenvalue weighted by Crippen LogP contribution is -2.31. The molecule has 7 heteroatoms. The van der Waals surface area contributed by atoms with Gasteiger partial charge in [-0.05, 0) is 30.9 Å². The molecule has 22 heavy (non-hydrogen) atoms. The van der Waals surface area contributed by atoms with E-state index in [2.05, 4.69) is 0 Å². The van der Waals surface area contributed by atoms with Gasteiger partial charge in [0, 0.05) is 0 Å². The predicted octanol–water partition coefficient (Wildman–Crippen LogP) is 2.19. The number of benzene rings is 1. The van der Waals surface area contributed by atoms with Crippen LogP contribution in [-0.2, 0) is 24.0 Å². The molecule has 1 aromatic carbocycles. The molecule has 1 aromatic rings. The third kappa shape index (κ3) is 3.85. The van der Waals surface area contributed by atoms with Crippen LogP contribution in [0.2, 0.25) is 0 Å². The summed E-state index contributed by atoms with van der Waals surface area (Å²) in [7, 11) is -4.01. The van der Waals surface area contributed by atoms with Crippen LogP contribution in [0.1, 0.15) is 43.9 Å².